The van der Waals surface area contributed by atoms with Gasteiger partial charge < -0.3 is 109 Å². The average Bonchev–Trinajstić information content (AvgIpc) is 3.79. The third-order valence-corrected chi connectivity index (χ3v) is 12.1. The van der Waals surface area contributed by atoms with Gasteiger partial charge >= 0.3 is 7.82 Å². The van der Waals surface area contributed by atoms with Gasteiger partial charge in [-0.3, -0.25) is 18.4 Å². The number of nitrogen functional groups attached to an aromatic ring is 1. The van der Waals surface area contributed by atoms with Crippen molar-refractivity contribution in [1.29, 1.82) is 0 Å². The van der Waals surface area contributed by atoms with Crippen LogP contribution in [0.25, 0.3) is 11.2 Å². The molecule has 30 heteroatoms. The van der Waals surface area contributed by atoms with Gasteiger partial charge in [-0.25, -0.2) is 19.5 Å². The quantitative estimate of drug-likeness (QED) is 0.0695. The number of carbonyl (C=O) groups is 1. The van der Waals surface area contributed by atoms with Crippen LogP contribution in [-0.2, 0) is 42.1 Å². The first-order valence-electron chi connectivity index (χ1n) is 19.4. The zero-order chi connectivity index (χ0) is 45.4. The lowest BCUT2D eigenvalue weighted by atomic mass is 9.83. The Kier molecular flexibility index (Phi) is 15.8. The van der Waals surface area contributed by atoms with Crippen molar-refractivity contribution < 1.29 is 92.9 Å². The highest BCUT2D eigenvalue weighted by Crippen LogP contribution is 2.48. The number of hydrogen-bond acceptors (Lipinski definition) is 26. The van der Waals surface area contributed by atoms with E-state index in [-0.39, 0.29) is 36.4 Å². The molecule has 1 amide bonds. The van der Waals surface area contributed by atoms with E-state index in [1.54, 1.807) is 0 Å². The Bertz CT molecular complexity index is 1860. The summed E-state index contributed by atoms with van der Waals surface area (Å²) < 4.78 is 53.5. The lowest BCUT2D eigenvalue weighted by Gasteiger charge is -2.49. The van der Waals surface area contributed by atoms with E-state index < -0.39 is 156 Å². The molecule has 0 bridgehead atoms. The van der Waals surface area contributed by atoms with Gasteiger partial charge in [-0.1, -0.05) is 0 Å². The molecule has 2 aromatic heterocycles. The zero-order valence-electron chi connectivity index (χ0n) is 32.7. The number of phosphoric acid groups is 1. The Morgan fingerprint density at radius 1 is 0.871 bits per heavy atom. The number of anilines is 1. The number of ether oxygens (including phenoxy) is 5. The Morgan fingerprint density at radius 2 is 1.55 bits per heavy atom. The van der Waals surface area contributed by atoms with Gasteiger partial charge in [0.25, 0.3) is 0 Å². The number of nitrogens with one attached hydrogen (secondary N) is 1. The SMILES string of the molecule is NCC[C@H](O)C(=O)N[C@@H]1C[C@H](N)[C@@H](O[C@H]2O[C@H](CN)[C@@H](OP(=O)(O)OC[C@H]3O[C@@H](n4cnc5c(N)ncnc54)[C@H](O)[C@@H]3O)[C@H](O)[C@H]2O)[C@H](O)[C@H]1O[C@H]1O[C@H](CO)[C@@H](O)[C@H](N)[C@H]1O. The summed E-state index contributed by atoms with van der Waals surface area (Å²) in [6.07, 6.45) is -26.4. The van der Waals surface area contributed by atoms with Crippen LogP contribution in [0.1, 0.15) is 19.1 Å². The maximum Gasteiger partial charge on any atom is 0.472 e. The van der Waals surface area contributed by atoms with Crippen LogP contribution in [0.3, 0.4) is 0 Å². The van der Waals surface area contributed by atoms with Crippen LogP contribution < -0.4 is 34.0 Å². The van der Waals surface area contributed by atoms with Gasteiger partial charge in [0.05, 0.1) is 31.6 Å². The Morgan fingerprint density at radius 3 is 2.23 bits per heavy atom. The van der Waals surface area contributed by atoms with Gasteiger partial charge in [-0.05, 0) is 19.4 Å². The third-order valence-electron chi connectivity index (χ3n) is 11.1. The minimum absolute atomic E-state index is 0.0388. The Hall–Kier alpha value is -2.79. The van der Waals surface area contributed by atoms with Crippen molar-refractivity contribution in [2.45, 2.75) is 135 Å². The lowest BCUT2D eigenvalue weighted by Crippen LogP contribution is -2.69. The highest BCUT2D eigenvalue weighted by atomic mass is 31.2. The van der Waals surface area contributed by atoms with Crippen molar-refractivity contribution >= 4 is 30.7 Å². The summed E-state index contributed by atoms with van der Waals surface area (Å²) in [5.41, 5.74) is 29.8. The van der Waals surface area contributed by atoms with Crippen molar-refractivity contribution in [3.8, 4) is 0 Å². The molecule has 1 saturated carbocycles. The molecule has 21 N–H and O–H groups in total. The summed E-state index contributed by atoms with van der Waals surface area (Å²) in [5, 5.41) is 99.0. The number of phosphoric ester groups is 1. The third kappa shape index (κ3) is 10.0. The Balaban J connectivity index is 1.11. The molecule has 4 fully saturated rings. The second-order valence-corrected chi connectivity index (χ2v) is 16.7. The molecule has 0 spiro atoms. The lowest BCUT2D eigenvalue weighted by molar-refractivity contribution is -0.331. The highest BCUT2D eigenvalue weighted by Gasteiger charge is 2.54. The van der Waals surface area contributed by atoms with Gasteiger partial charge in [0.2, 0.25) is 5.91 Å². The van der Waals surface area contributed by atoms with Crippen LogP contribution in [0.5, 0.6) is 0 Å². The van der Waals surface area contributed by atoms with Crippen LogP contribution in [-0.4, -0.2) is 219 Å². The van der Waals surface area contributed by atoms with Crippen LogP contribution in [0, 0.1) is 0 Å². The largest absolute Gasteiger partial charge is 0.472 e. The van der Waals surface area contributed by atoms with E-state index >= 15 is 0 Å². The van der Waals surface area contributed by atoms with Gasteiger partial charge in [-0.2, -0.15) is 0 Å². The molecule has 0 aromatic carbocycles. The summed E-state index contributed by atoms with van der Waals surface area (Å²) in [4.78, 5) is 35.5. The molecule has 3 saturated heterocycles. The zero-order valence-corrected chi connectivity index (χ0v) is 33.6. The molecule has 3 aliphatic heterocycles. The number of nitrogens with zero attached hydrogens (tertiary/aromatic N) is 4. The molecule has 4 aliphatic rings. The van der Waals surface area contributed by atoms with Crippen LogP contribution in [0.15, 0.2) is 12.7 Å². The number of fused-ring (bicyclic) bond motifs is 1. The van der Waals surface area contributed by atoms with Gasteiger partial charge in [0, 0.05) is 12.6 Å². The number of carbonyl (C=O) groups excluding carboxylic acids is 1. The molecule has 2 aromatic rings. The van der Waals surface area contributed by atoms with E-state index in [4.69, 9.17) is 61.4 Å². The second-order valence-electron chi connectivity index (χ2n) is 15.3. The number of hydrogen-bond donors (Lipinski definition) is 16. The van der Waals surface area contributed by atoms with Crippen LogP contribution in [0.2, 0.25) is 0 Å². The summed E-state index contributed by atoms with van der Waals surface area (Å²) in [7, 11) is -5.24. The first kappa shape index (κ1) is 48.7. The summed E-state index contributed by atoms with van der Waals surface area (Å²) >= 11 is 0. The van der Waals surface area contributed by atoms with E-state index in [2.05, 4.69) is 20.3 Å². The van der Waals surface area contributed by atoms with Crippen molar-refractivity contribution in [2.24, 2.45) is 22.9 Å². The van der Waals surface area contributed by atoms with Gasteiger partial charge in [0.15, 0.2) is 30.3 Å². The van der Waals surface area contributed by atoms with Crippen molar-refractivity contribution in [3.63, 3.8) is 0 Å². The minimum Gasteiger partial charge on any atom is -0.394 e. The first-order valence-corrected chi connectivity index (χ1v) is 20.9. The number of nitrogens with two attached hydrogens (primary N) is 5. The molecule has 6 rings (SSSR count). The van der Waals surface area contributed by atoms with E-state index in [1.807, 2.05) is 0 Å². The summed E-state index contributed by atoms with van der Waals surface area (Å²) in [6, 6.07) is -3.85. The predicted octanol–water partition coefficient (Wildman–Crippen LogP) is -9.24. The van der Waals surface area contributed by atoms with Crippen LogP contribution in [0.4, 0.5) is 5.82 Å². The number of aliphatic hydroxyl groups is 9. The minimum atomic E-state index is -5.24. The predicted molar refractivity (Wildman–Crippen MR) is 202 cm³/mol. The standard InChI is InChI=1S/C32H55N10O19P/c33-2-1-11(44)29(52)41-10-3-9(35)24(23(51)25(10)60-31-19(47)15(36)17(45)13(5-43)58-31)59-32-22(50)20(48)26(12(4-34)57-32)61-62(53,54)55-6-14-18(46)21(49)30(56-14)42-8-40-16-27(37)38-7-39-28(16)42/h7-15,17-26,30-32,43-51H,1-6,33-36H2,(H,41,52)(H,53,54)(H2,37,38,39)/t9-,10+,11-,12+,13+,14+,15-,17+,18+,19+,20+,21+,22+,23-,24+,25-,26+,30+,31+,32+/m0/s1. The molecule has 29 nitrogen and oxygen atoms in total. The van der Waals surface area contributed by atoms with E-state index in [1.165, 1.54) is 10.9 Å². The Labute approximate surface area is 351 Å². The normalized spacial score (nSPS) is 41.8. The second kappa shape index (κ2) is 20.2. The molecule has 21 atom stereocenters. The first-order chi connectivity index (χ1) is 29.3. The number of aromatic nitrogens is 4. The van der Waals surface area contributed by atoms with Crippen molar-refractivity contribution in [2.75, 3.05) is 32.0 Å². The smallest absolute Gasteiger partial charge is 0.394 e. The molecule has 352 valence electrons. The summed E-state index contributed by atoms with van der Waals surface area (Å²) in [6.45, 7) is -2.18. The molecular weight excluding hydrogens is 859 g/mol. The highest BCUT2D eigenvalue weighted by molar-refractivity contribution is 7.47. The fraction of sp³-hybridized carbons (Fsp3) is 0.812. The number of amides is 1. The molecule has 0 radical (unpaired) electrons. The van der Waals surface area contributed by atoms with Crippen LogP contribution >= 0.6 is 7.82 Å². The topological polar surface area (TPSA) is 487 Å². The fourth-order valence-electron chi connectivity index (χ4n) is 7.69. The fourth-order valence-corrected chi connectivity index (χ4v) is 8.65. The molecule has 62 heavy (non-hydrogen) atoms. The van der Waals surface area contributed by atoms with Crippen molar-refractivity contribution in [1.82, 2.24) is 24.8 Å². The summed E-state index contributed by atoms with van der Waals surface area (Å²) in [5.74, 6) is -0.884. The molecule has 1 unspecified atom stereocenters. The van der Waals surface area contributed by atoms with E-state index in [0.29, 0.717) is 0 Å². The number of imidazole rings is 1. The molecule has 5 heterocycles. The number of rotatable bonds is 16. The monoisotopic (exact) mass is 914 g/mol. The van der Waals surface area contributed by atoms with E-state index in [0.717, 1.165) is 6.33 Å². The number of aliphatic hydroxyl groups excluding tert-OH is 9. The average molecular weight is 915 g/mol. The van der Waals surface area contributed by atoms with E-state index in [9.17, 15) is 60.2 Å². The molecular formula is C32H55N10O19P. The van der Waals surface area contributed by atoms with Gasteiger partial charge in [-0.15, -0.1) is 0 Å². The maximum atomic E-state index is 13.2. The maximum absolute atomic E-state index is 13.2. The molecule has 1 aliphatic carbocycles. The van der Waals surface area contributed by atoms with Gasteiger partial charge in [0.1, 0.15) is 97.3 Å². The van der Waals surface area contributed by atoms with Crippen molar-refractivity contribution in [3.05, 3.63) is 12.7 Å².